The molecule has 0 aliphatic heterocycles. The largest absolute Gasteiger partial charge is 0.486 e. The van der Waals surface area contributed by atoms with Gasteiger partial charge < -0.3 is 14.3 Å². The number of nitrogens with zero attached hydrogens (tertiary/aromatic N) is 2. The zero-order valence-corrected chi connectivity index (χ0v) is 18.1. The van der Waals surface area contributed by atoms with Gasteiger partial charge in [-0.1, -0.05) is 6.07 Å². The highest BCUT2D eigenvalue weighted by molar-refractivity contribution is 7.15. The summed E-state index contributed by atoms with van der Waals surface area (Å²) in [7, 11) is 0. The first-order valence-electron chi connectivity index (χ1n) is 9.59. The number of halogens is 4. The van der Waals surface area contributed by atoms with Crippen LogP contribution in [0.25, 0.3) is 21.7 Å². The molecule has 2 aromatic carbocycles. The number of rotatable bonds is 6. The third kappa shape index (κ3) is 4.82. The molecule has 0 radical (unpaired) electrons. The van der Waals surface area contributed by atoms with Gasteiger partial charge in [0.1, 0.15) is 29.6 Å². The van der Waals surface area contributed by atoms with E-state index in [0.717, 1.165) is 11.6 Å². The summed E-state index contributed by atoms with van der Waals surface area (Å²) in [4.78, 5) is 20.2. The Labute approximate surface area is 188 Å². The van der Waals surface area contributed by atoms with Gasteiger partial charge in [-0.3, -0.25) is 4.79 Å². The van der Waals surface area contributed by atoms with Crippen LogP contribution in [0.4, 0.5) is 17.6 Å². The van der Waals surface area contributed by atoms with Crippen LogP contribution in [0, 0.1) is 19.7 Å². The van der Waals surface area contributed by atoms with E-state index in [1.807, 2.05) is 6.92 Å². The second-order valence-corrected chi connectivity index (χ2v) is 8.38. The smallest absolute Gasteiger partial charge is 0.419 e. The van der Waals surface area contributed by atoms with E-state index in [1.165, 1.54) is 17.4 Å². The molecule has 0 aliphatic rings. The van der Waals surface area contributed by atoms with Gasteiger partial charge in [0.2, 0.25) is 5.89 Å². The Bertz CT molecular complexity index is 1360. The molecule has 0 saturated carbocycles. The molecule has 0 unspecified atom stereocenters. The number of benzene rings is 2. The molecule has 4 rings (SSSR count). The average Bonchev–Trinajstić information content (AvgIpc) is 3.27. The third-order valence-electron chi connectivity index (χ3n) is 4.72. The summed E-state index contributed by atoms with van der Waals surface area (Å²) in [6, 6.07) is 6.14. The van der Waals surface area contributed by atoms with Crippen molar-refractivity contribution in [1.29, 1.82) is 0 Å². The van der Waals surface area contributed by atoms with Gasteiger partial charge in [-0.15, -0.1) is 11.3 Å². The van der Waals surface area contributed by atoms with E-state index in [0.29, 0.717) is 38.5 Å². The number of hydrogen-bond acceptors (Lipinski definition) is 6. The molecular weight excluding hydrogens is 464 g/mol. The maximum atomic E-state index is 14.0. The van der Waals surface area contributed by atoms with Crippen molar-refractivity contribution in [3.05, 3.63) is 63.7 Å². The number of aryl methyl sites for hydroxylation is 2. The number of aliphatic carboxylic acids is 1. The normalized spacial score (nSPS) is 11.8. The van der Waals surface area contributed by atoms with Crippen molar-refractivity contribution in [2.75, 3.05) is 0 Å². The van der Waals surface area contributed by atoms with E-state index < -0.39 is 23.5 Å². The zero-order chi connectivity index (χ0) is 23.9. The Kier molecular flexibility index (Phi) is 5.83. The van der Waals surface area contributed by atoms with Crippen LogP contribution in [0.2, 0.25) is 0 Å². The molecule has 6 nitrogen and oxygen atoms in total. The molecule has 0 amide bonds. The zero-order valence-electron chi connectivity index (χ0n) is 17.3. The van der Waals surface area contributed by atoms with Crippen LogP contribution in [0.15, 0.2) is 34.7 Å². The maximum Gasteiger partial charge on any atom is 0.419 e. The number of ether oxygens (including phenoxy) is 1. The predicted octanol–water partition coefficient (Wildman–Crippen LogP) is 5.93. The number of carbonyl (C=O) groups is 1. The molecule has 0 atom stereocenters. The second-order valence-electron chi connectivity index (χ2n) is 7.30. The van der Waals surface area contributed by atoms with E-state index in [1.54, 1.807) is 19.1 Å². The van der Waals surface area contributed by atoms with Crippen LogP contribution in [-0.2, 0) is 24.0 Å². The Morgan fingerprint density at radius 3 is 2.61 bits per heavy atom. The highest BCUT2D eigenvalue weighted by Crippen LogP contribution is 2.36. The van der Waals surface area contributed by atoms with Crippen molar-refractivity contribution in [2.45, 2.75) is 33.1 Å². The maximum absolute atomic E-state index is 14.0. The van der Waals surface area contributed by atoms with Gasteiger partial charge in [0.15, 0.2) is 11.1 Å². The molecule has 0 saturated heterocycles. The summed E-state index contributed by atoms with van der Waals surface area (Å²) in [5.74, 6) is -2.00. The lowest BCUT2D eigenvalue weighted by molar-refractivity contribution is -0.140. The van der Waals surface area contributed by atoms with Crippen LogP contribution in [0.5, 0.6) is 5.75 Å². The molecule has 4 aromatic rings. The van der Waals surface area contributed by atoms with Gasteiger partial charge >= 0.3 is 12.1 Å². The fourth-order valence-corrected chi connectivity index (χ4v) is 4.17. The van der Waals surface area contributed by atoms with Crippen LogP contribution in [0.1, 0.15) is 27.6 Å². The summed E-state index contributed by atoms with van der Waals surface area (Å²) in [6.07, 6.45) is -5.14. The quantitative estimate of drug-likeness (QED) is 0.344. The van der Waals surface area contributed by atoms with E-state index in [9.17, 15) is 22.4 Å². The average molecular weight is 480 g/mol. The minimum absolute atomic E-state index is 0.0496. The van der Waals surface area contributed by atoms with Crippen LogP contribution in [-0.4, -0.2) is 21.0 Å². The van der Waals surface area contributed by atoms with Crippen LogP contribution >= 0.6 is 11.3 Å². The summed E-state index contributed by atoms with van der Waals surface area (Å²) in [6.45, 7) is 3.61. The fourth-order valence-electron chi connectivity index (χ4n) is 3.20. The van der Waals surface area contributed by atoms with Crippen molar-refractivity contribution in [3.8, 4) is 16.3 Å². The molecule has 0 spiro atoms. The number of carboxylic acids is 1. The minimum Gasteiger partial charge on any atom is -0.486 e. The first-order chi connectivity index (χ1) is 15.5. The molecule has 2 aromatic heterocycles. The van der Waals surface area contributed by atoms with E-state index in [-0.39, 0.29) is 24.5 Å². The van der Waals surface area contributed by atoms with Gasteiger partial charge in [0.25, 0.3) is 0 Å². The SMILES string of the molecule is Cc1cc(OCc2sc(-c3ccc(C(F)(F)F)c(F)c3)nc2C)c2nc(CC(=O)O)oc2c1. The Morgan fingerprint density at radius 2 is 1.94 bits per heavy atom. The van der Waals surface area contributed by atoms with Gasteiger partial charge in [-0.25, -0.2) is 14.4 Å². The van der Waals surface area contributed by atoms with Gasteiger partial charge in [-0.2, -0.15) is 13.2 Å². The van der Waals surface area contributed by atoms with Crippen molar-refractivity contribution >= 4 is 28.4 Å². The minimum atomic E-state index is -4.77. The number of oxazole rings is 1. The topological polar surface area (TPSA) is 85.5 Å². The molecule has 33 heavy (non-hydrogen) atoms. The monoisotopic (exact) mass is 480 g/mol. The van der Waals surface area contributed by atoms with Crippen molar-refractivity contribution < 1.29 is 36.6 Å². The van der Waals surface area contributed by atoms with Crippen LogP contribution in [0.3, 0.4) is 0 Å². The molecule has 0 fully saturated rings. The summed E-state index contributed by atoms with van der Waals surface area (Å²) in [5.41, 5.74) is 1.07. The Morgan fingerprint density at radius 1 is 1.18 bits per heavy atom. The highest BCUT2D eigenvalue weighted by atomic mass is 32.1. The van der Waals surface area contributed by atoms with E-state index in [2.05, 4.69) is 9.97 Å². The summed E-state index contributed by atoms with van der Waals surface area (Å²) in [5, 5.41) is 9.31. The van der Waals surface area contributed by atoms with Gasteiger partial charge in [0, 0.05) is 5.56 Å². The number of carboxylic acid groups (broad SMARTS) is 1. The number of alkyl halides is 3. The lowest BCUT2D eigenvalue weighted by atomic mass is 10.1. The molecule has 172 valence electrons. The Balaban J connectivity index is 1.58. The second kappa shape index (κ2) is 8.47. The molecule has 0 bridgehead atoms. The molecule has 0 aliphatic carbocycles. The Hall–Kier alpha value is -3.47. The van der Waals surface area contributed by atoms with Crippen molar-refractivity contribution in [1.82, 2.24) is 9.97 Å². The molecule has 2 heterocycles. The number of thiazole rings is 1. The van der Waals surface area contributed by atoms with Gasteiger partial charge in [-0.05, 0) is 43.7 Å². The summed E-state index contributed by atoms with van der Waals surface area (Å²) < 4.78 is 63.8. The highest BCUT2D eigenvalue weighted by Gasteiger charge is 2.34. The summed E-state index contributed by atoms with van der Waals surface area (Å²) >= 11 is 1.17. The van der Waals surface area contributed by atoms with Gasteiger partial charge in [0.05, 0.1) is 16.1 Å². The van der Waals surface area contributed by atoms with Crippen molar-refractivity contribution in [3.63, 3.8) is 0 Å². The molecule has 11 heteroatoms. The fraction of sp³-hybridized carbons (Fsp3) is 0.227. The predicted molar refractivity (Wildman–Crippen MR) is 112 cm³/mol. The standard InChI is InChI=1S/C22H16F4N2O4S/c1-10-5-15(20-16(6-10)32-18(28-20)8-19(29)30)31-9-17-11(2)27-21(33-17)12-3-4-13(14(23)7-12)22(24,25)26/h3-7H,8-9H2,1-2H3,(H,29,30). The molecular formula is C22H16F4N2O4S. The number of fused-ring (bicyclic) bond motifs is 1. The lowest BCUT2D eigenvalue weighted by Crippen LogP contribution is -2.07. The number of hydrogen-bond donors (Lipinski definition) is 1. The third-order valence-corrected chi connectivity index (χ3v) is 5.90. The number of aromatic nitrogens is 2. The van der Waals surface area contributed by atoms with E-state index >= 15 is 0 Å². The first-order valence-corrected chi connectivity index (χ1v) is 10.4. The molecule has 1 N–H and O–H groups in total. The van der Waals surface area contributed by atoms with Crippen LogP contribution < -0.4 is 4.74 Å². The van der Waals surface area contributed by atoms with Crippen molar-refractivity contribution in [2.24, 2.45) is 0 Å². The first kappa shape index (κ1) is 22.7. The lowest BCUT2D eigenvalue weighted by Gasteiger charge is -2.08. The van der Waals surface area contributed by atoms with E-state index in [4.69, 9.17) is 14.3 Å².